The number of para-hydroxylation sites is 1. The van der Waals surface area contributed by atoms with Gasteiger partial charge < -0.3 is 15.1 Å². The number of furan rings is 1. The molecule has 1 aliphatic rings. The van der Waals surface area contributed by atoms with Gasteiger partial charge >= 0.3 is 0 Å². The summed E-state index contributed by atoms with van der Waals surface area (Å²) in [5, 5.41) is 0. The summed E-state index contributed by atoms with van der Waals surface area (Å²) >= 11 is 0. The fraction of sp³-hybridized carbons (Fsp3) is 0.333. The van der Waals surface area contributed by atoms with Crippen molar-refractivity contribution >= 4 is 5.69 Å². The molecule has 0 fully saturated rings. The van der Waals surface area contributed by atoms with E-state index in [4.69, 9.17) is 10.2 Å². The lowest BCUT2D eigenvalue weighted by atomic mass is 10.1. The molecular weight excluding hydrogens is 224 g/mol. The number of hydrogen-bond acceptors (Lipinski definition) is 3. The second-order valence-electron chi connectivity index (χ2n) is 4.94. The van der Waals surface area contributed by atoms with Crippen LogP contribution in [0.4, 0.5) is 5.69 Å². The van der Waals surface area contributed by atoms with Crippen LogP contribution in [0.25, 0.3) is 0 Å². The normalized spacial score (nSPS) is 18.1. The van der Waals surface area contributed by atoms with Gasteiger partial charge in [0, 0.05) is 23.8 Å². The maximum absolute atomic E-state index is 5.60. The van der Waals surface area contributed by atoms with Crippen molar-refractivity contribution in [3.05, 3.63) is 53.5 Å². The van der Waals surface area contributed by atoms with Crippen LogP contribution in [0.1, 0.15) is 23.8 Å². The summed E-state index contributed by atoms with van der Waals surface area (Å²) in [5.41, 5.74) is 9.42. The van der Waals surface area contributed by atoms with Gasteiger partial charge in [-0.25, -0.2) is 0 Å². The fourth-order valence-electron chi connectivity index (χ4n) is 2.65. The summed E-state index contributed by atoms with van der Waals surface area (Å²) in [6.45, 7) is 3.61. The standard InChI is InChI=1S/C15H18N2O/c1-11-6-13-4-2-3-5-15(13)17(11)9-14-7-12(8-16)10-18-14/h2-5,7,10-11H,6,8-9,16H2,1H3. The molecule has 2 N–H and O–H groups in total. The summed E-state index contributed by atoms with van der Waals surface area (Å²) in [6.07, 6.45) is 2.86. The van der Waals surface area contributed by atoms with Crippen LogP contribution >= 0.6 is 0 Å². The van der Waals surface area contributed by atoms with Crippen LogP contribution in [0.3, 0.4) is 0 Å². The van der Waals surface area contributed by atoms with Gasteiger partial charge in [-0.05, 0) is 31.0 Å². The van der Waals surface area contributed by atoms with E-state index in [9.17, 15) is 0 Å². The zero-order chi connectivity index (χ0) is 12.5. The van der Waals surface area contributed by atoms with Crippen molar-refractivity contribution in [2.45, 2.75) is 32.5 Å². The van der Waals surface area contributed by atoms with Crippen molar-refractivity contribution in [1.29, 1.82) is 0 Å². The number of nitrogens with two attached hydrogens (primary N) is 1. The van der Waals surface area contributed by atoms with Crippen molar-refractivity contribution in [3.8, 4) is 0 Å². The van der Waals surface area contributed by atoms with Gasteiger partial charge in [-0.2, -0.15) is 0 Å². The molecule has 0 amide bonds. The molecule has 1 atom stereocenters. The Morgan fingerprint density at radius 2 is 2.22 bits per heavy atom. The summed E-state index contributed by atoms with van der Waals surface area (Å²) in [6, 6.07) is 11.2. The molecule has 1 unspecified atom stereocenters. The number of benzene rings is 1. The molecule has 1 aromatic heterocycles. The lowest BCUT2D eigenvalue weighted by Crippen LogP contribution is -2.28. The van der Waals surface area contributed by atoms with Crippen molar-refractivity contribution in [3.63, 3.8) is 0 Å². The van der Waals surface area contributed by atoms with E-state index in [2.05, 4.69) is 36.1 Å². The third-order valence-electron chi connectivity index (χ3n) is 3.62. The molecule has 0 aliphatic carbocycles. The molecule has 18 heavy (non-hydrogen) atoms. The lowest BCUT2D eigenvalue weighted by molar-refractivity contribution is 0.492. The van der Waals surface area contributed by atoms with Crippen LogP contribution in [0.15, 0.2) is 41.0 Å². The average Bonchev–Trinajstić information content (AvgIpc) is 2.96. The first kappa shape index (κ1) is 11.4. The molecule has 2 heterocycles. The first-order valence-corrected chi connectivity index (χ1v) is 6.39. The molecule has 94 valence electrons. The molecule has 1 aliphatic heterocycles. The number of anilines is 1. The van der Waals surface area contributed by atoms with E-state index >= 15 is 0 Å². The van der Waals surface area contributed by atoms with Gasteiger partial charge in [0.1, 0.15) is 5.76 Å². The quantitative estimate of drug-likeness (QED) is 0.899. The lowest BCUT2D eigenvalue weighted by Gasteiger charge is -2.23. The van der Waals surface area contributed by atoms with Crippen LogP contribution in [-0.2, 0) is 19.5 Å². The highest BCUT2D eigenvalue weighted by molar-refractivity contribution is 5.59. The predicted molar refractivity (Wildman–Crippen MR) is 72.4 cm³/mol. The van der Waals surface area contributed by atoms with Crippen LogP contribution in [-0.4, -0.2) is 6.04 Å². The third-order valence-corrected chi connectivity index (χ3v) is 3.62. The molecule has 0 saturated carbocycles. The van der Waals surface area contributed by atoms with Gasteiger partial charge in [0.05, 0.1) is 12.8 Å². The highest BCUT2D eigenvalue weighted by Gasteiger charge is 2.26. The van der Waals surface area contributed by atoms with Gasteiger partial charge in [0.25, 0.3) is 0 Å². The summed E-state index contributed by atoms with van der Waals surface area (Å²) < 4.78 is 5.56. The topological polar surface area (TPSA) is 42.4 Å². The summed E-state index contributed by atoms with van der Waals surface area (Å²) in [7, 11) is 0. The molecule has 0 saturated heterocycles. The minimum absolute atomic E-state index is 0.522. The molecule has 3 heteroatoms. The monoisotopic (exact) mass is 242 g/mol. The van der Waals surface area contributed by atoms with Crippen molar-refractivity contribution in [1.82, 2.24) is 0 Å². The van der Waals surface area contributed by atoms with E-state index in [0.29, 0.717) is 12.6 Å². The van der Waals surface area contributed by atoms with Crippen LogP contribution in [0, 0.1) is 0 Å². The van der Waals surface area contributed by atoms with E-state index in [1.54, 1.807) is 6.26 Å². The Labute approximate surface area is 107 Å². The molecule has 3 rings (SSSR count). The highest BCUT2D eigenvalue weighted by atomic mass is 16.3. The van der Waals surface area contributed by atoms with Crippen LogP contribution < -0.4 is 10.6 Å². The Kier molecular flexibility index (Phi) is 2.84. The molecule has 2 aromatic rings. The predicted octanol–water partition coefficient (Wildman–Crippen LogP) is 2.69. The third kappa shape index (κ3) is 1.91. The molecule has 3 nitrogen and oxygen atoms in total. The highest BCUT2D eigenvalue weighted by Crippen LogP contribution is 2.33. The van der Waals surface area contributed by atoms with E-state index in [0.717, 1.165) is 24.3 Å². The van der Waals surface area contributed by atoms with Gasteiger partial charge in [-0.3, -0.25) is 0 Å². The maximum atomic E-state index is 5.60. The van der Waals surface area contributed by atoms with Crippen LogP contribution in [0.2, 0.25) is 0 Å². The summed E-state index contributed by atoms with van der Waals surface area (Å²) in [5.74, 6) is 0.985. The second kappa shape index (κ2) is 4.50. The van der Waals surface area contributed by atoms with Crippen LogP contribution in [0.5, 0.6) is 0 Å². The minimum atomic E-state index is 0.522. The Morgan fingerprint density at radius 1 is 1.39 bits per heavy atom. The second-order valence-corrected chi connectivity index (χ2v) is 4.94. The Morgan fingerprint density at radius 3 is 3.00 bits per heavy atom. The smallest absolute Gasteiger partial charge is 0.123 e. The zero-order valence-corrected chi connectivity index (χ0v) is 10.6. The van der Waals surface area contributed by atoms with Crippen molar-refractivity contribution in [2.75, 3.05) is 4.90 Å². The Bertz CT molecular complexity index is 547. The molecule has 0 bridgehead atoms. The van der Waals surface area contributed by atoms with Gasteiger partial charge in [0.2, 0.25) is 0 Å². The van der Waals surface area contributed by atoms with Gasteiger partial charge in [-0.1, -0.05) is 18.2 Å². The number of rotatable bonds is 3. The van der Waals surface area contributed by atoms with Gasteiger partial charge in [0.15, 0.2) is 0 Å². The Balaban J connectivity index is 1.84. The van der Waals surface area contributed by atoms with Gasteiger partial charge in [-0.15, -0.1) is 0 Å². The number of nitrogens with zero attached hydrogens (tertiary/aromatic N) is 1. The molecule has 0 radical (unpaired) electrons. The molecular formula is C15H18N2O. The van der Waals surface area contributed by atoms with E-state index in [-0.39, 0.29) is 0 Å². The Hall–Kier alpha value is -1.74. The van der Waals surface area contributed by atoms with Crippen molar-refractivity contribution in [2.24, 2.45) is 5.73 Å². The molecule has 0 spiro atoms. The average molecular weight is 242 g/mol. The minimum Gasteiger partial charge on any atom is -0.467 e. The SMILES string of the molecule is CC1Cc2ccccc2N1Cc1cc(CN)co1. The largest absolute Gasteiger partial charge is 0.467 e. The first-order valence-electron chi connectivity index (χ1n) is 6.39. The van der Waals surface area contributed by atoms with E-state index in [1.807, 2.05) is 6.07 Å². The number of fused-ring (bicyclic) bond motifs is 1. The van der Waals surface area contributed by atoms with E-state index in [1.165, 1.54) is 11.3 Å². The molecule has 1 aromatic carbocycles. The number of hydrogen-bond donors (Lipinski definition) is 1. The van der Waals surface area contributed by atoms with Crippen molar-refractivity contribution < 1.29 is 4.42 Å². The fourth-order valence-corrected chi connectivity index (χ4v) is 2.65. The zero-order valence-electron chi connectivity index (χ0n) is 10.6. The first-order chi connectivity index (χ1) is 8.78. The maximum Gasteiger partial charge on any atom is 0.123 e. The summed E-state index contributed by atoms with van der Waals surface area (Å²) in [4.78, 5) is 2.40. The van der Waals surface area contributed by atoms with E-state index < -0.39 is 0 Å².